The van der Waals surface area contributed by atoms with Gasteiger partial charge in [-0.05, 0) is 48.6 Å². The van der Waals surface area contributed by atoms with Crippen LogP contribution in [0.25, 0.3) is 0 Å². The molecule has 0 bridgehead atoms. The monoisotopic (exact) mass is 353 g/mol. The van der Waals surface area contributed by atoms with Crippen LogP contribution in [-0.2, 0) is 4.74 Å². The third-order valence-corrected chi connectivity index (χ3v) is 4.08. The lowest BCUT2D eigenvalue weighted by molar-refractivity contribution is 0.204. The zero-order chi connectivity index (χ0) is 15.8. The molecule has 22 heavy (non-hydrogen) atoms. The number of pyridine rings is 1. The number of nitrogens with one attached hydrogen (secondary N) is 2. The molecule has 1 heterocycles. The maximum atomic E-state index is 5.87. The minimum atomic E-state index is 0.553. The van der Waals surface area contributed by atoms with Crippen LogP contribution in [0.2, 0.25) is 5.02 Å². The second kappa shape index (κ2) is 8.95. The Bertz CT molecular complexity index is 605. The molecule has 2 N–H and O–H groups in total. The van der Waals surface area contributed by atoms with Gasteiger partial charge < -0.3 is 15.4 Å². The number of methoxy groups -OCH3 is 1. The lowest BCUT2D eigenvalue weighted by Crippen LogP contribution is -2.31. The molecular weight excluding hydrogens is 338 g/mol. The van der Waals surface area contributed by atoms with E-state index in [9.17, 15) is 0 Å². The quantitative estimate of drug-likeness (QED) is 0.608. The van der Waals surface area contributed by atoms with Crippen molar-refractivity contribution in [3.05, 3.63) is 47.6 Å². The van der Waals surface area contributed by atoms with Crippen LogP contribution in [0.15, 0.2) is 52.5 Å². The second-order valence-corrected chi connectivity index (χ2v) is 6.25. The number of aromatic nitrogens is 1. The second-order valence-electron chi connectivity index (χ2n) is 4.31. The Morgan fingerprint density at radius 2 is 2.05 bits per heavy atom. The highest BCUT2D eigenvalue weighted by Gasteiger charge is 2.01. The smallest absolute Gasteiger partial charge is 0.170 e. The summed E-state index contributed by atoms with van der Waals surface area (Å²) in [6.45, 7) is 1.27. The van der Waals surface area contributed by atoms with Gasteiger partial charge >= 0.3 is 0 Å². The molecule has 2 rings (SSSR count). The van der Waals surface area contributed by atoms with Crippen LogP contribution in [0.5, 0.6) is 0 Å². The highest BCUT2D eigenvalue weighted by Crippen LogP contribution is 2.27. The van der Waals surface area contributed by atoms with Crippen LogP contribution in [0.1, 0.15) is 0 Å². The number of benzene rings is 1. The van der Waals surface area contributed by atoms with Crippen molar-refractivity contribution in [3.63, 3.8) is 0 Å². The van der Waals surface area contributed by atoms with Crippen molar-refractivity contribution >= 4 is 46.4 Å². The molecule has 0 amide bonds. The maximum absolute atomic E-state index is 5.87. The van der Waals surface area contributed by atoms with Gasteiger partial charge in [-0.25, -0.2) is 4.98 Å². The first-order valence-corrected chi connectivity index (χ1v) is 8.21. The lowest BCUT2D eigenvalue weighted by atomic mass is 10.4. The molecule has 0 aliphatic rings. The summed E-state index contributed by atoms with van der Waals surface area (Å²) in [5.41, 5.74) is 0.843. The molecule has 0 saturated heterocycles. The highest BCUT2D eigenvalue weighted by molar-refractivity contribution is 7.99. The van der Waals surface area contributed by atoms with Crippen molar-refractivity contribution in [1.82, 2.24) is 10.3 Å². The van der Waals surface area contributed by atoms with Gasteiger partial charge in [0.15, 0.2) is 5.11 Å². The van der Waals surface area contributed by atoms with E-state index in [1.165, 1.54) is 0 Å². The number of ether oxygens (including phenoxy) is 1. The topological polar surface area (TPSA) is 46.2 Å². The largest absolute Gasteiger partial charge is 0.383 e. The zero-order valence-corrected chi connectivity index (χ0v) is 14.4. The van der Waals surface area contributed by atoms with Gasteiger partial charge in [0.05, 0.1) is 18.5 Å². The summed E-state index contributed by atoms with van der Waals surface area (Å²) in [7, 11) is 1.65. The van der Waals surface area contributed by atoms with Gasteiger partial charge in [-0.1, -0.05) is 23.4 Å². The van der Waals surface area contributed by atoms with Crippen molar-refractivity contribution in [2.24, 2.45) is 0 Å². The first kappa shape index (κ1) is 17.0. The summed E-state index contributed by atoms with van der Waals surface area (Å²) in [5, 5.41) is 8.31. The summed E-state index contributed by atoms with van der Waals surface area (Å²) in [6, 6.07) is 11.5. The first-order chi connectivity index (χ1) is 10.7. The van der Waals surface area contributed by atoms with E-state index in [4.69, 9.17) is 28.6 Å². The van der Waals surface area contributed by atoms with E-state index < -0.39 is 0 Å². The molecule has 4 nitrogen and oxygen atoms in total. The third kappa shape index (κ3) is 5.81. The van der Waals surface area contributed by atoms with Crippen LogP contribution >= 0.6 is 35.6 Å². The number of anilines is 1. The molecule has 0 saturated carbocycles. The first-order valence-electron chi connectivity index (χ1n) is 6.60. The number of hydrogen-bond acceptors (Lipinski definition) is 4. The predicted octanol–water partition coefficient (Wildman–Crippen LogP) is 3.82. The van der Waals surface area contributed by atoms with E-state index in [2.05, 4.69) is 15.6 Å². The van der Waals surface area contributed by atoms with Crippen molar-refractivity contribution in [2.75, 3.05) is 25.6 Å². The van der Waals surface area contributed by atoms with Gasteiger partial charge in [-0.3, -0.25) is 0 Å². The Kier molecular flexibility index (Phi) is 6.92. The van der Waals surface area contributed by atoms with Gasteiger partial charge in [0, 0.05) is 23.6 Å². The molecule has 0 aliphatic carbocycles. The summed E-state index contributed by atoms with van der Waals surface area (Å²) >= 11 is 12.6. The molecule has 0 radical (unpaired) electrons. The van der Waals surface area contributed by atoms with Crippen LogP contribution in [0.4, 0.5) is 5.69 Å². The van der Waals surface area contributed by atoms with E-state index in [-0.39, 0.29) is 0 Å². The van der Waals surface area contributed by atoms with E-state index in [0.717, 1.165) is 20.6 Å². The molecule has 0 fully saturated rings. The van der Waals surface area contributed by atoms with Gasteiger partial charge in [-0.2, -0.15) is 0 Å². The fourth-order valence-corrected chi connectivity index (χ4v) is 2.68. The third-order valence-electron chi connectivity index (χ3n) is 2.62. The van der Waals surface area contributed by atoms with Crippen molar-refractivity contribution in [3.8, 4) is 0 Å². The Morgan fingerprint density at radius 1 is 1.27 bits per heavy atom. The SMILES string of the molecule is COCCNC(=S)Nc1ccc(Sc2ccc(Cl)cc2)nc1. The molecule has 7 heteroatoms. The Morgan fingerprint density at radius 3 is 2.68 bits per heavy atom. The zero-order valence-electron chi connectivity index (χ0n) is 12.0. The predicted molar refractivity (Wildman–Crippen MR) is 95.9 cm³/mol. The number of halogens is 1. The van der Waals surface area contributed by atoms with E-state index >= 15 is 0 Å². The fraction of sp³-hybridized carbons (Fsp3) is 0.200. The van der Waals surface area contributed by atoms with Crippen molar-refractivity contribution in [1.29, 1.82) is 0 Å². The van der Waals surface area contributed by atoms with Crippen molar-refractivity contribution in [2.45, 2.75) is 9.92 Å². The molecule has 2 aromatic rings. The average Bonchev–Trinajstić information content (AvgIpc) is 2.52. The molecule has 0 unspecified atom stereocenters. The number of nitrogens with zero attached hydrogens (tertiary/aromatic N) is 1. The molecule has 0 atom stereocenters. The van der Waals surface area contributed by atoms with Crippen LogP contribution in [0, 0.1) is 0 Å². The average molecular weight is 354 g/mol. The highest BCUT2D eigenvalue weighted by atomic mass is 35.5. The normalized spacial score (nSPS) is 10.3. The minimum Gasteiger partial charge on any atom is -0.383 e. The van der Waals surface area contributed by atoms with Crippen LogP contribution < -0.4 is 10.6 Å². The molecule has 0 spiro atoms. The van der Waals surface area contributed by atoms with Gasteiger partial charge in [0.2, 0.25) is 0 Å². The van der Waals surface area contributed by atoms with Crippen LogP contribution in [0.3, 0.4) is 0 Å². The van der Waals surface area contributed by atoms with E-state index in [1.807, 2.05) is 36.4 Å². The minimum absolute atomic E-state index is 0.553. The van der Waals surface area contributed by atoms with Gasteiger partial charge in [0.25, 0.3) is 0 Å². The van der Waals surface area contributed by atoms with Crippen molar-refractivity contribution < 1.29 is 4.74 Å². The number of rotatable bonds is 6. The molecule has 1 aromatic carbocycles. The Balaban J connectivity index is 1.87. The number of thiocarbonyl (C=S) groups is 1. The Hall–Kier alpha value is -1.34. The molecule has 116 valence electrons. The molecular formula is C15H16ClN3OS2. The van der Waals surface area contributed by atoms with Crippen LogP contribution in [-0.4, -0.2) is 30.4 Å². The standard InChI is InChI=1S/C15H16ClN3OS2/c1-20-9-8-17-15(21)19-12-4-7-14(18-10-12)22-13-5-2-11(16)3-6-13/h2-7,10H,8-9H2,1H3,(H2,17,19,21). The van der Waals surface area contributed by atoms with Gasteiger partial charge in [0.1, 0.15) is 5.03 Å². The summed E-state index contributed by atoms with van der Waals surface area (Å²) in [5.74, 6) is 0. The summed E-state index contributed by atoms with van der Waals surface area (Å²) in [6.07, 6.45) is 1.75. The fourth-order valence-electron chi connectivity index (χ4n) is 1.58. The summed E-state index contributed by atoms with van der Waals surface area (Å²) < 4.78 is 4.95. The maximum Gasteiger partial charge on any atom is 0.170 e. The van der Waals surface area contributed by atoms with E-state index in [0.29, 0.717) is 18.3 Å². The number of hydrogen-bond donors (Lipinski definition) is 2. The molecule has 0 aliphatic heterocycles. The van der Waals surface area contributed by atoms with E-state index in [1.54, 1.807) is 25.1 Å². The Labute approximate surface area is 144 Å². The molecule has 1 aromatic heterocycles. The lowest BCUT2D eigenvalue weighted by Gasteiger charge is -2.10. The summed E-state index contributed by atoms with van der Waals surface area (Å²) in [4.78, 5) is 5.49. The van der Waals surface area contributed by atoms with Gasteiger partial charge in [-0.15, -0.1) is 0 Å².